The van der Waals surface area contributed by atoms with E-state index >= 15 is 0 Å². The summed E-state index contributed by atoms with van der Waals surface area (Å²) in [6.07, 6.45) is 6.58. The molecule has 3 heterocycles. The number of amides is 1. The highest BCUT2D eigenvalue weighted by atomic mass is 16.5. The summed E-state index contributed by atoms with van der Waals surface area (Å²) in [6, 6.07) is 12.5. The Bertz CT molecular complexity index is 1070. The molecule has 6 nitrogen and oxygen atoms in total. The van der Waals surface area contributed by atoms with Gasteiger partial charge in [0.25, 0.3) is 5.91 Å². The van der Waals surface area contributed by atoms with E-state index in [4.69, 9.17) is 9.72 Å². The van der Waals surface area contributed by atoms with Crippen molar-refractivity contribution in [2.75, 3.05) is 27.2 Å². The van der Waals surface area contributed by atoms with Gasteiger partial charge < -0.3 is 14.0 Å². The second kappa shape index (κ2) is 9.74. The second-order valence-electron chi connectivity index (χ2n) is 8.91. The number of hydrogen-bond donors (Lipinski definition) is 0. The number of methoxy groups -OCH3 is 1. The van der Waals surface area contributed by atoms with Gasteiger partial charge in [-0.1, -0.05) is 25.0 Å². The van der Waals surface area contributed by atoms with E-state index in [2.05, 4.69) is 54.5 Å². The summed E-state index contributed by atoms with van der Waals surface area (Å²) < 4.78 is 7.37. The van der Waals surface area contributed by atoms with Crippen LogP contribution in [0.3, 0.4) is 0 Å². The van der Waals surface area contributed by atoms with Crippen molar-refractivity contribution in [3.05, 3.63) is 65.1 Å². The minimum Gasteiger partial charge on any atom is -0.497 e. The molecule has 1 aliphatic heterocycles. The fraction of sp³-hybridized carbons (Fsp3) is 0.462. The van der Waals surface area contributed by atoms with Gasteiger partial charge in [-0.15, -0.1) is 0 Å². The van der Waals surface area contributed by atoms with Crippen molar-refractivity contribution in [3.63, 3.8) is 0 Å². The Hall–Kier alpha value is -2.86. The van der Waals surface area contributed by atoms with Crippen molar-refractivity contribution in [1.82, 2.24) is 19.2 Å². The number of rotatable bonds is 6. The molecule has 1 fully saturated rings. The van der Waals surface area contributed by atoms with Crippen molar-refractivity contribution in [3.8, 4) is 5.75 Å². The zero-order chi connectivity index (χ0) is 22.7. The van der Waals surface area contributed by atoms with Gasteiger partial charge in [0.05, 0.1) is 12.8 Å². The van der Waals surface area contributed by atoms with Gasteiger partial charge in [-0.2, -0.15) is 0 Å². The first-order valence-electron chi connectivity index (χ1n) is 11.6. The Morgan fingerprint density at radius 1 is 1.12 bits per heavy atom. The molecule has 1 atom stereocenters. The molecule has 0 bridgehead atoms. The molecule has 0 unspecified atom stereocenters. The van der Waals surface area contributed by atoms with Gasteiger partial charge in [-0.3, -0.25) is 9.69 Å². The molecule has 1 amide bonds. The SMILES string of the molecule is COc1ccc([C@@H](C)N(C)Cc2c(C(=O)N3CCCCCC3)nc3cc(C)ccn23)cc1. The van der Waals surface area contributed by atoms with Crippen LogP contribution in [0.2, 0.25) is 0 Å². The van der Waals surface area contributed by atoms with E-state index in [9.17, 15) is 4.79 Å². The van der Waals surface area contributed by atoms with Gasteiger partial charge >= 0.3 is 0 Å². The molecule has 6 heteroatoms. The first kappa shape index (κ1) is 22.3. The summed E-state index contributed by atoms with van der Waals surface area (Å²) in [4.78, 5) is 22.6. The third kappa shape index (κ3) is 4.65. The molecule has 1 aromatic carbocycles. The molecule has 170 valence electrons. The minimum atomic E-state index is 0.0637. The largest absolute Gasteiger partial charge is 0.497 e. The number of ether oxygens (including phenoxy) is 1. The number of carbonyl (C=O) groups is 1. The third-order valence-corrected chi connectivity index (χ3v) is 6.63. The number of likely N-dealkylation sites (tertiary alicyclic amines) is 1. The number of pyridine rings is 1. The third-order valence-electron chi connectivity index (χ3n) is 6.63. The van der Waals surface area contributed by atoms with Gasteiger partial charge in [0.1, 0.15) is 11.4 Å². The Labute approximate surface area is 190 Å². The standard InChI is InChI=1S/C26H34N4O2/c1-19-13-16-30-23(18-28(3)20(2)21-9-11-22(32-4)12-10-21)25(27-24(30)17-19)26(31)29-14-7-5-6-8-15-29/h9-13,16-17,20H,5-8,14-15,18H2,1-4H3/t20-/m1/s1. The van der Waals surface area contributed by atoms with Crippen LogP contribution in [0.5, 0.6) is 5.75 Å². The monoisotopic (exact) mass is 434 g/mol. The van der Waals surface area contributed by atoms with Crippen molar-refractivity contribution in [1.29, 1.82) is 0 Å². The van der Waals surface area contributed by atoms with Crippen molar-refractivity contribution in [2.45, 2.75) is 52.1 Å². The number of fused-ring (bicyclic) bond motifs is 1. The van der Waals surface area contributed by atoms with Crippen LogP contribution in [0.15, 0.2) is 42.6 Å². The van der Waals surface area contributed by atoms with Crippen LogP contribution in [0, 0.1) is 6.92 Å². The van der Waals surface area contributed by atoms with Crippen LogP contribution in [-0.2, 0) is 6.54 Å². The summed E-state index contributed by atoms with van der Waals surface area (Å²) in [5.74, 6) is 0.917. The number of imidazole rings is 1. The molecule has 1 saturated heterocycles. The molecular formula is C26H34N4O2. The first-order valence-corrected chi connectivity index (χ1v) is 11.6. The normalized spacial score (nSPS) is 15.7. The summed E-state index contributed by atoms with van der Waals surface area (Å²) in [7, 11) is 3.78. The van der Waals surface area contributed by atoms with Gasteiger partial charge in [0.15, 0.2) is 5.69 Å². The maximum atomic E-state index is 13.5. The average Bonchev–Trinajstić information content (AvgIpc) is 2.97. The van der Waals surface area contributed by atoms with E-state index in [1.54, 1.807) is 7.11 Å². The minimum absolute atomic E-state index is 0.0637. The average molecular weight is 435 g/mol. The molecule has 0 N–H and O–H groups in total. The number of carbonyl (C=O) groups excluding carboxylic acids is 1. The Balaban J connectivity index is 1.65. The van der Waals surface area contributed by atoms with Crippen LogP contribution < -0.4 is 4.74 Å². The van der Waals surface area contributed by atoms with E-state index in [-0.39, 0.29) is 11.9 Å². The first-order chi connectivity index (χ1) is 15.5. The van der Waals surface area contributed by atoms with Gasteiger partial charge in [0.2, 0.25) is 0 Å². The van der Waals surface area contributed by atoms with Gasteiger partial charge in [0, 0.05) is 31.9 Å². The van der Waals surface area contributed by atoms with Crippen molar-refractivity contribution >= 4 is 11.6 Å². The lowest BCUT2D eigenvalue weighted by atomic mass is 10.1. The summed E-state index contributed by atoms with van der Waals surface area (Å²) in [5.41, 5.74) is 4.73. The fourth-order valence-corrected chi connectivity index (χ4v) is 4.45. The number of benzene rings is 1. The number of hydrogen-bond acceptors (Lipinski definition) is 4. The zero-order valence-electron chi connectivity index (χ0n) is 19.7. The molecule has 2 aromatic heterocycles. The highest BCUT2D eigenvalue weighted by Crippen LogP contribution is 2.25. The molecule has 4 rings (SSSR count). The van der Waals surface area contributed by atoms with E-state index in [1.165, 1.54) is 18.4 Å². The lowest BCUT2D eigenvalue weighted by Crippen LogP contribution is -2.33. The van der Waals surface area contributed by atoms with Gasteiger partial charge in [-0.25, -0.2) is 4.98 Å². The van der Waals surface area contributed by atoms with Crippen molar-refractivity contribution < 1.29 is 9.53 Å². The molecule has 32 heavy (non-hydrogen) atoms. The van der Waals surface area contributed by atoms with Crippen LogP contribution in [-0.4, -0.2) is 52.3 Å². The topological polar surface area (TPSA) is 50.1 Å². The van der Waals surface area contributed by atoms with Crippen molar-refractivity contribution in [2.24, 2.45) is 0 Å². The number of aryl methyl sites for hydroxylation is 1. The van der Waals surface area contributed by atoms with E-state index < -0.39 is 0 Å². The maximum Gasteiger partial charge on any atom is 0.274 e. The Kier molecular flexibility index (Phi) is 6.80. The summed E-state index contributed by atoms with van der Waals surface area (Å²) >= 11 is 0. The Morgan fingerprint density at radius 3 is 2.47 bits per heavy atom. The summed E-state index contributed by atoms with van der Waals surface area (Å²) in [6.45, 7) is 6.52. The Morgan fingerprint density at radius 2 is 1.81 bits per heavy atom. The lowest BCUT2D eigenvalue weighted by molar-refractivity contribution is 0.0753. The lowest BCUT2D eigenvalue weighted by Gasteiger charge is -2.26. The van der Waals surface area contributed by atoms with Crippen LogP contribution in [0.4, 0.5) is 0 Å². The van der Waals surface area contributed by atoms with Crippen LogP contribution in [0.1, 0.15) is 66.0 Å². The molecule has 1 aliphatic rings. The smallest absolute Gasteiger partial charge is 0.274 e. The van der Waals surface area contributed by atoms with E-state index in [0.29, 0.717) is 12.2 Å². The molecule has 0 radical (unpaired) electrons. The molecule has 0 saturated carbocycles. The molecular weight excluding hydrogens is 400 g/mol. The molecule has 0 aliphatic carbocycles. The zero-order valence-corrected chi connectivity index (χ0v) is 19.7. The maximum absolute atomic E-state index is 13.5. The van der Waals surface area contributed by atoms with Crippen LogP contribution in [0.25, 0.3) is 5.65 Å². The fourth-order valence-electron chi connectivity index (χ4n) is 4.45. The summed E-state index contributed by atoms with van der Waals surface area (Å²) in [5, 5.41) is 0. The predicted molar refractivity (Wildman–Crippen MR) is 127 cm³/mol. The van der Waals surface area contributed by atoms with Crippen LogP contribution >= 0.6 is 0 Å². The van der Waals surface area contributed by atoms with E-state index in [1.807, 2.05) is 23.2 Å². The molecule has 3 aromatic rings. The quantitative estimate of drug-likeness (QED) is 0.556. The molecule has 0 spiro atoms. The van der Waals surface area contributed by atoms with Gasteiger partial charge in [-0.05, 0) is 69.1 Å². The number of nitrogens with zero attached hydrogens (tertiary/aromatic N) is 4. The highest BCUT2D eigenvalue weighted by Gasteiger charge is 2.26. The highest BCUT2D eigenvalue weighted by molar-refractivity contribution is 5.94. The number of aromatic nitrogens is 2. The second-order valence-corrected chi connectivity index (χ2v) is 8.91. The predicted octanol–water partition coefficient (Wildman–Crippen LogP) is 4.86. The van der Waals surface area contributed by atoms with E-state index in [0.717, 1.165) is 48.6 Å².